The van der Waals surface area contributed by atoms with Crippen LogP contribution in [0, 0.1) is 33.6 Å². The molecular formula is C26H28ClN3O2. The first-order chi connectivity index (χ1) is 15.3. The van der Waals surface area contributed by atoms with Gasteiger partial charge in [-0.05, 0) is 70.4 Å². The maximum absolute atomic E-state index is 13.0. The minimum absolute atomic E-state index is 0.000339. The number of piperidine rings is 1. The molecule has 0 saturated carbocycles. The number of Topliss-reactive ketones (excluding diaryl/α,β-unsaturated/α-hetero) is 1. The molecular weight excluding hydrogens is 422 g/mol. The molecule has 0 aliphatic carbocycles. The molecule has 3 aromatic rings. The summed E-state index contributed by atoms with van der Waals surface area (Å²) in [5, 5.41) is 5.12. The molecule has 0 N–H and O–H groups in total. The fourth-order valence-corrected chi connectivity index (χ4v) is 4.58. The van der Waals surface area contributed by atoms with Gasteiger partial charge in [-0.3, -0.25) is 9.59 Å². The number of ketones is 1. The molecule has 6 heteroatoms. The first-order valence-corrected chi connectivity index (χ1v) is 11.4. The molecule has 32 heavy (non-hydrogen) atoms. The van der Waals surface area contributed by atoms with Gasteiger partial charge in [-0.1, -0.05) is 35.4 Å². The van der Waals surface area contributed by atoms with Gasteiger partial charge in [0.15, 0.2) is 5.78 Å². The number of aromatic nitrogens is 2. The van der Waals surface area contributed by atoms with Crippen molar-refractivity contribution in [3.63, 3.8) is 0 Å². The molecule has 1 saturated heterocycles. The highest BCUT2D eigenvalue weighted by Gasteiger charge is 2.29. The molecule has 1 aliphatic heterocycles. The Kier molecular flexibility index (Phi) is 6.20. The van der Waals surface area contributed by atoms with Crippen LogP contribution in [-0.2, 0) is 0 Å². The third-order valence-corrected chi connectivity index (χ3v) is 6.91. The van der Waals surface area contributed by atoms with Crippen molar-refractivity contribution in [2.75, 3.05) is 13.1 Å². The van der Waals surface area contributed by atoms with Crippen molar-refractivity contribution in [3.8, 4) is 5.69 Å². The largest absolute Gasteiger partial charge is 0.339 e. The zero-order valence-corrected chi connectivity index (χ0v) is 19.7. The van der Waals surface area contributed by atoms with Gasteiger partial charge in [-0.15, -0.1) is 0 Å². The second kappa shape index (κ2) is 8.91. The number of hydrogen-bond acceptors (Lipinski definition) is 3. The lowest BCUT2D eigenvalue weighted by Crippen LogP contribution is -2.40. The number of likely N-dealkylation sites (tertiary alicyclic amines) is 1. The van der Waals surface area contributed by atoms with E-state index >= 15 is 0 Å². The zero-order valence-electron chi connectivity index (χ0n) is 19.0. The van der Waals surface area contributed by atoms with Gasteiger partial charge in [0.25, 0.3) is 5.91 Å². The summed E-state index contributed by atoms with van der Waals surface area (Å²) in [5.41, 5.74) is 6.15. The Morgan fingerprint density at radius 3 is 2.19 bits per heavy atom. The van der Waals surface area contributed by atoms with Crippen LogP contribution in [0.2, 0.25) is 5.02 Å². The van der Waals surface area contributed by atoms with E-state index in [1.54, 1.807) is 4.68 Å². The Bertz CT molecular complexity index is 1170. The van der Waals surface area contributed by atoms with Crippen LogP contribution >= 0.6 is 11.6 Å². The predicted octanol–water partition coefficient (Wildman–Crippen LogP) is 5.49. The van der Waals surface area contributed by atoms with Crippen LogP contribution in [0.15, 0.2) is 42.5 Å². The van der Waals surface area contributed by atoms with E-state index in [2.05, 4.69) is 11.2 Å². The molecule has 0 radical (unpaired) electrons. The number of benzene rings is 2. The summed E-state index contributed by atoms with van der Waals surface area (Å²) < 4.78 is 1.79. The highest BCUT2D eigenvalue weighted by molar-refractivity contribution is 6.31. The lowest BCUT2D eigenvalue weighted by atomic mass is 9.87. The van der Waals surface area contributed by atoms with Gasteiger partial charge < -0.3 is 4.90 Å². The van der Waals surface area contributed by atoms with Crippen molar-refractivity contribution in [1.29, 1.82) is 0 Å². The van der Waals surface area contributed by atoms with E-state index in [9.17, 15) is 9.59 Å². The van der Waals surface area contributed by atoms with Crippen LogP contribution in [-0.4, -0.2) is 39.5 Å². The Balaban J connectivity index is 1.41. The minimum Gasteiger partial charge on any atom is -0.339 e. The number of rotatable bonds is 4. The maximum Gasteiger partial charge on any atom is 0.253 e. The van der Waals surface area contributed by atoms with E-state index in [4.69, 9.17) is 11.6 Å². The molecule has 166 valence electrons. The number of carbonyl (C=O) groups is 2. The van der Waals surface area contributed by atoms with E-state index < -0.39 is 0 Å². The number of hydrogen-bond donors (Lipinski definition) is 0. The van der Waals surface area contributed by atoms with Gasteiger partial charge in [-0.25, -0.2) is 4.68 Å². The third-order valence-electron chi connectivity index (χ3n) is 6.36. The predicted molar refractivity (Wildman–Crippen MR) is 127 cm³/mol. The lowest BCUT2D eigenvalue weighted by molar-refractivity contribution is 0.0650. The minimum atomic E-state index is -0.0291. The molecule has 1 fully saturated rings. The Morgan fingerprint density at radius 1 is 0.969 bits per heavy atom. The second-order valence-electron chi connectivity index (χ2n) is 8.69. The standard InChI is InChI=1S/C26H28ClN3O2/c1-16-5-10-23(17(2)15-16)25(31)20-11-13-29(14-12-20)26(32)21-6-8-22(9-7-21)30-19(4)24(27)18(3)28-30/h5-10,15,20H,11-14H2,1-4H3. The Hall–Kier alpha value is -2.92. The van der Waals surface area contributed by atoms with Crippen molar-refractivity contribution in [2.45, 2.75) is 40.5 Å². The molecule has 0 atom stereocenters. The van der Waals surface area contributed by atoms with Crippen molar-refractivity contribution in [2.24, 2.45) is 5.92 Å². The summed E-state index contributed by atoms with van der Waals surface area (Å²) in [6, 6.07) is 13.4. The number of amides is 1. The lowest BCUT2D eigenvalue weighted by Gasteiger charge is -2.31. The Labute approximate surface area is 194 Å². The summed E-state index contributed by atoms with van der Waals surface area (Å²) in [6.45, 7) is 9.00. The van der Waals surface area contributed by atoms with Crippen LogP contribution in [0.1, 0.15) is 56.1 Å². The van der Waals surface area contributed by atoms with Crippen LogP contribution in [0.25, 0.3) is 5.69 Å². The van der Waals surface area contributed by atoms with Gasteiger partial charge in [0.05, 0.1) is 22.1 Å². The van der Waals surface area contributed by atoms with Crippen molar-refractivity contribution in [3.05, 3.63) is 81.1 Å². The van der Waals surface area contributed by atoms with E-state index in [1.807, 2.05) is 69.0 Å². The summed E-state index contributed by atoms with van der Waals surface area (Å²) >= 11 is 6.25. The van der Waals surface area contributed by atoms with Crippen LogP contribution in [0.3, 0.4) is 0 Å². The molecule has 2 aromatic carbocycles. The Morgan fingerprint density at radius 2 is 1.62 bits per heavy atom. The molecule has 1 aliphatic rings. The molecule has 0 bridgehead atoms. The van der Waals surface area contributed by atoms with Crippen LogP contribution < -0.4 is 0 Å². The van der Waals surface area contributed by atoms with E-state index in [-0.39, 0.29) is 17.6 Å². The van der Waals surface area contributed by atoms with Gasteiger partial charge in [0.1, 0.15) is 0 Å². The zero-order chi connectivity index (χ0) is 23.0. The first-order valence-electron chi connectivity index (χ1n) is 11.0. The molecule has 2 heterocycles. The highest BCUT2D eigenvalue weighted by atomic mass is 35.5. The van der Waals surface area contributed by atoms with Crippen LogP contribution in [0.5, 0.6) is 0 Å². The maximum atomic E-state index is 13.0. The van der Waals surface area contributed by atoms with E-state index in [1.165, 1.54) is 0 Å². The second-order valence-corrected chi connectivity index (χ2v) is 9.07. The summed E-state index contributed by atoms with van der Waals surface area (Å²) in [7, 11) is 0. The van der Waals surface area contributed by atoms with E-state index in [0.29, 0.717) is 36.5 Å². The van der Waals surface area contributed by atoms with Gasteiger partial charge in [-0.2, -0.15) is 5.10 Å². The van der Waals surface area contributed by atoms with Gasteiger partial charge >= 0.3 is 0 Å². The normalized spacial score (nSPS) is 14.6. The number of aryl methyl sites for hydroxylation is 3. The van der Waals surface area contributed by atoms with Crippen molar-refractivity contribution in [1.82, 2.24) is 14.7 Å². The third kappa shape index (κ3) is 4.22. The van der Waals surface area contributed by atoms with E-state index in [0.717, 1.165) is 33.8 Å². The molecule has 4 rings (SSSR count). The van der Waals surface area contributed by atoms with Gasteiger partial charge in [0, 0.05) is 30.1 Å². The van der Waals surface area contributed by atoms with Crippen molar-refractivity contribution < 1.29 is 9.59 Å². The van der Waals surface area contributed by atoms with Crippen LogP contribution in [0.4, 0.5) is 0 Å². The summed E-state index contributed by atoms with van der Waals surface area (Å²) in [5.74, 6) is 0.168. The monoisotopic (exact) mass is 449 g/mol. The van der Waals surface area contributed by atoms with Gasteiger partial charge in [0.2, 0.25) is 0 Å². The van der Waals surface area contributed by atoms with Crippen molar-refractivity contribution >= 4 is 23.3 Å². The number of nitrogens with zero attached hydrogens (tertiary/aromatic N) is 3. The number of carbonyl (C=O) groups excluding carboxylic acids is 2. The smallest absolute Gasteiger partial charge is 0.253 e. The average Bonchev–Trinajstić information content (AvgIpc) is 3.05. The molecule has 0 spiro atoms. The topological polar surface area (TPSA) is 55.2 Å². The summed E-state index contributed by atoms with van der Waals surface area (Å²) in [6.07, 6.45) is 1.39. The molecule has 0 unspecified atom stereocenters. The molecule has 1 amide bonds. The fourth-order valence-electron chi connectivity index (χ4n) is 4.46. The first kappa shape index (κ1) is 22.3. The number of halogens is 1. The SMILES string of the molecule is Cc1ccc(C(=O)C2CCN(C(=O)c3ccc(-n4nc(C)c(Cl)c4C)cc3)CC2)c(C)c1. The fraction of sp³-hybridized carbons (Fsp3) is 0.346. The average molecular weight is 450 g/mol. The highest BCUT2D eigenvalue weighted by Crippen LogP contribution is 2.26. The quantitative estimate of drug-likeness (QED) is 0.494. The molecule has 1 aromatic heterocycles. The molecule has 5 nitrogen and oxygen atoms in total. The summed E-state index contributed by atoms with van der Waals surface area (Å²) in [4.78, 5) is 27.8.